The lowest BCUT2D eigenvalue weighted by Crippen LogP contribution is -2.40. The fourth-order valence-electron chi connectivity index (χ4n) is 2.30. The van der Waals surface area contributed by atoms with Crippen LogP contribution >= 0.6 is 0 Å². The number of aromatic amines is 1. The third-order valence-electron chi connectivity index (χ3n) is 3.56. The molecule has 1 fully saturated rings. The van der Waals surface area contributed by atoms with Crippen LogP contribution in [0.15, 0.2) is 28.1 Å². The number of nitrogens with one attached hydrogen (secondary N) is 1. The Bertz CT molecular complexity index is 843. The van der Waals surface area contributed by atoms with Gasteiger partial charge in [-0.1, -0.05) is 17.2 Å². The first kappa shape index (κ1) is 16.5. The number of sulfonamides is 1. The monoisotopic (exact) mass is 351 g/mol. The number of hydrogen-bond acceptors (Lipinski definition) is 8. The molecule has 24 heavy (non-hydrogen) atoms. The number of H-pyrrole nitrogens is 1. The molecule has 0 amide bonds. The summed E-state index contributed by atoms with van der Waals surface area (Å²) >= 11 is 0. The van der Waals surface area contributed by atoms with Crippen LogP contribution in [0.1, 0.15) is 11.1 Å². The Labute approximate surface area is 138 Å². The molecule has 3 rings (SSSR count). The summed E-state index contributed by atoms with van der Waals surface area (Å²) in [6, 6.07) is 4.41. The van der Waals surface area contributed by atoms with Gasteiger partial charge >= 0.3 is 0 Å². The highest BCUT2D eigenvalue weighted by atomic mass is 32.2. The summed E-state index contributed by atoms with van der Waals surface area (Å²) in [5, 5.41) is 24.8. The molecule has 1 aromatic heterocycles. The Balaban J connectivity index is 1.97. The average Bonchev–Trinajstić information content (AvgIpc) is 3.09. The minimum absolute atomic E-state index is 0.0820. The van der Waals surface area contributed by atoms with Crippen molar-refractivity contribution in [3.8, 4) is 0 Å². The number of aryl methyl sites for hydroxylation is 1. The predicted molar refractivity (Wildman–Crippen MR) is 81.1 cm³/mol. The zero-order valence-corrected chi connectivity index (χ0v) is 13.7. The van der Waals surface area contributed by atoms with E-state index in [1.54, 1.807) is 13.0 Å². The van der Waals surface area contributed by atoms with E-state index in [1.807, 2.05) is 0 Å². The summed E-state index contributed by atoms with van der Waals surface area (Å²) in [6.07, 6.45) is 0. The highest BCUT2D eigenvalue weighted by Gasteiger charge is 2.27. The quantitative estimate of drug-likeness (QED) is 0.549. The Morgan fingerprint density at radius 3 is 2.79 bits per heavy atom. The van der Waals surface area contributed by atoms with Crippen molar-refractivity contribution in [1.29, 1.82) is 0 Å². The number of aromatic nitrogens is 4. The van der Waals surface area contributed by atoms with Gasteiger partial charge in [0, 0.05) is 13.1 Å². The van der Waals surface area contributed by atoms with E-state index >= 15 is 0 Å². The number of aliphatic imine (C=N–C) groups is 1. The van der Waals surface area contributed by atoms with Crippen LogP contribution in [0.2, 0.25) is 0 Å². The molecule has 0 radical (unpaired) electrons. The maximum Gasteiger partial charge on any atom is 0.288 e. The number of morpholine rings is 1. The Kier molecular flexibility index (Phi) is 4.55. The van der Waals surface area contributed by atoms with Crippen molar-refractivity contribution in [3.63, 3.8) is 0 Å². The molecular weight excluding hydrogens is 336 g/mol. The zero-order chi connectivity index (χ0) is 17.2. The Hall–Kier alpha value is -2.37. The van der Waals surface area contributed by atoms with Gasteiger partial charge in [0.2, 0.25) is 10.0 Å². The van der Waals surface area contributed by atoms with E-state index in [0.717, 1.165) is 0 Å². The van der Waals surface area contributed by atoms with Gasteiger partial charge in [-0.25, -0.2) is 13.4 Å². The lowest BCUT2D eigenvalue weighted by molar-refractivity contribution is -0.212. The van der Waals surface area contributed by atoms with Crippen molar-refractivity contribution in [2.45, 2.75) is 11.8 Å². The maximum absolute atomic E-state index is 12.8. The van der Waals surface area contributed by atoms with Gasteiger partial charge in [-0.3, -0.25) is 0 Å². The van der Waals surface area contributed by atoms with Gasteiger partial charge in [-0.15, -0.1) is 5.10 Å². The fraction of sp³-hybridized carbons (Fsp3) is 0.385. The molecule has 128 valence electrons. The van der Waals surface area contributed by atoms with Crippen molar-refractivity contribution in [3.05, 3.63) is 29.3 Å². The lowest BCUT2D eigenvalue weighted by Gasteiger charge is -2.27. The largest absolute Gasteiger partial charge is 0.858 e. The molecule has 2 aromatic rings. The van der Waals surface area contributed by atoms with Crippen LogP contribution in [-0.2, 0) is 14.8 Å². The number of ether oxygens (including phenoxy) is 1. The first-order valence-electron chi connectivity index (χ1n) is 7.16. The first-order chi connectivity index (χ1) is 11.5. The van der Waals surface area contributed by atoms with Crippen molar-refractivity contribution in [2.75, 3.05) is 26.3 Å². The normalized spacial score (nSPS) is 17.1. The molecule has 0 atom stereocenters. The molecule has 0 saturated carbocycles. The van der Waals surface area contributed by atoms with E-state index in [1.165, 1.54) is 16.4 Å². The number of rotatable bonds is 4. The van der Waals surface area contributed by atoms with Gasteiger partial charge in [-0.2, -0.15) is 9.52 Å². The molecule has 1 N–H and O–H groups in total. The van der Waals surface area contributed by atoms with Gasteiger partial charge in [0.25, 0.3) is 5.95 Å². The van der Waals surface area contributed by atoms with Crippen LogP contribution < -0.4 is 5.11 Å². The number of hydrogen-bond donors (Lipinski definition) is 1. The minimum atomic E-state index is -3.70. The first-order valence-corrected chi connectivity index (χ1v) is 8.60. The van der Waals surface area contributed by atoms with E-state index in [2.05, 4.69) is 25.6 Å². The topological polar surface area (TPSA) is 136 Å². The van der Waals surface area contributed by atoms with Gasteiger partial charge in [0.1, 0.15) is 0 Å². The van der Waals surface area contributed by atoms with Crippen LogP contribution in [0.5, 0.6) is 0 Å². The van der Waals surface area contributed by atoms with Crippen LogP contribution in [-0.4, -0.2) is 65.5 Å². The van der Waals surface area contributed by atoms with Crippen LogP contribution in [0, 0.1) is 6.92 Å². The summed E-state index contributed by atoms with van der Waals surface area (Å²) in [6.45, 7) is 2.95. The van der Waals surface area contributed by atoms with E-state index < -0.39 is 15.9 Å². The Morgan fingerprint density at radius 1 is 1.38 bits per heavy atom. The summed E-state index contributed by atoms with van der Waals surface area (Å²) in [7, 11) is -3.70. The third-order valence-corrected chi connectivity index (χ3v) is 5.60. The van der Waals surface area contributed by atoms with Crippen molar-refractivity contribution in [2.24, 2.45) is 4.99 Å². The summed E-state index contributed by atoms with van der Waals surface area (Å²) in [4.78, 5) is 3.75. The van der Waals surface area contributed by atoms with Crippen LogP contribution in [0.4, 0.5) is 5.95 Å². The third kappa shape index (κ3) is 3.27. The highest BCUT2D eigenvalue weighted by Crippen LogP contribution is 2.22. The molecule has 11 heteroatoms. The van der Waals surface area contributed by atoms with Gasteiger partial charge in [0.05, 0.1) is 18.1 Å². The smallest absolute Gasteiger partial charge is 0.288 e. The summed E-state index contributed by atoms with van der Waals surface area (Å²) in [5.41, 5.74) is 0.690. The standard InChI is InChI=1S/C13H16N6O4S/c1-9-2-3-10(12(20)14-13-15-17-18-16-13)8-11(9)24(21,22)19-4-6-23-7-5-19/h2-3,8H,4-7H2,1H3,(H2,14,15,16,17,18,20)/p-1. The van der Waals surface area contributed by atoms with E-state index in [-0.39, 0.29) is 29.5 Å². The molecular formula is C13H15N6O4S-. The van der Waals surface area contributed by atoms with Crippen molar-refractivity contribution in [1.82, 2.24) is 24.9 Å². The lowest BCUT2D eigenvalue weighted by atomic mass is 10.1. The highest BCUT2D eigenvalue weighted by molar-refractivity contribution is 7.89. The van der Waals surface area contributed by atoms with E-state index in [4.69, 9.17) is 4.74 Å². The van der Waals surface area contributed by atoms with E-state index in [9.17, 15) is 13.5 Å². The minimum Gasteiger partial charge on any atom is -0.858 e. The van der Waals surface area contributed by atoms with Gasteiger partial charge in [-0.05, 0) is 35.2 Å². The number of nitrogens with zero attached hydrogens (tertiary/aromatic N) is 5. The molecule has 0 spiro atoms. The SMILES string of the molecule is Cc1ccc(C([O-])=Nc2nn[nH]n2)cc1S(=O)(=O)N1CCOCC1. The predicted octanol–water partition coefficient (Wildman–Crippen LogP) is -1.03. The molecule has 2 heterocycles. The van der Waals surface area contributed by atoms with Crippen molar-refractivity contribution < 1.29 is 18.3 Å². The molecule has 1 aliphatic heterocycles. The average molecular weight is 351 g/mol. The molecule has 0 aliphatic carbocycles. The molecule has 1 aromatic carbocycles. The second-order valence-electron chi connectivity index (χ2n) is 5.13. The second-order valence-corrected chi connectivity index (χ2v) is 7.03. The van der Waals surface area contributed by atoms with Gasteiger partial charge < -0.3 is 9.84 Å². The van der Waals surface area contributed by atoms with E-state index in [0.29, 0.717) is 18.8 Å². The molecule has 10 nitrogen and oxygen atoms in total. The molecule has 0 bridgehead atoms. The second kappa shape index (κ2) is 6.63. The fourth-order valence-corrected chi connectivity index (χ4v) is 3.96. The maximum atomic E-state index is 12.8. The van der Waals surface area contributed by atoms with Gasteiger partial charge in [0.15, 0.2) is 0 Å². The Morgan fingerprint density at radius 2 is 2.12 bits per heavy atom. The number of tetrazole rings is 1. The number of benzene rings is 1. The van der Waals surface area contributed by atoms with Crippen molar-refractivity contribution >= 4 is 21.9 Å². The van der Waals surface area contributed by atoms with Crippen LogP contribution in [0.3, 0.4) is 0 Å². The molecule has 0 unspecified atom stereocenters. The molecule has 1 saturated heterocycles. The zero-order valence-electron chi connectivity index (χ0n) is 12.8. The summed E-state index contributed by atoms with van der Waals surface area (Å²) in [5.74, 6) is -0.756. The van der Waals surface area contributed by atoms with Crippen LogP contribution in [0.25, 0.3) is 0 Å². The summed E-state index contributed by atoms with van der Waals surface area (Å²) < 4.78 is 32.1. The molecule has 1 aliphatic rings.